The zero-order valence-electron chi connectivity index (χ0n) is 20.1. The Morgan fingerprint density at radius 3 is 2.47 bits per heavy atom. The normalized spacial score (nSPS) is 12.5. The summed E-state index contributed by atoms with van der Waals surface area (Å²) in [4.78, 5) is 8.82. The fraction of sp³-hybridized carbons (Fsp3) is 0.458. The highest BCUT2D eigenvalue weighted by Crippen LogP contribution is 2.28. The highest BCUT2D eigenvalue weighted by molar-refractivity contribution is 5.62. The smallest absolute Gasteiger partial charge is 0.222 e. The summed E-state index contributed by atoms with van der Waals surface area (Å²) in [6, 6.07) is 10.0. The van der Waals surface area contributed by atoms with Crippen molar-refractivity contribution < 1.29 is 9.47 Å². The third-order valence-corrected chi connectivity index (χ3v) is 5.39. The fourth-order valence-electron chi connectivity index (χ4n) is 3.50. The number of rotatable bonds is 8. The van der Waals surface area contributed by atoms with Crippen molar-refractivity contribution in [3.63, 3.8) is 0 Å². The van der Waals surface area contributed by atoms with Gasteiger partial charge in [0, 0.05) is 30.6 Å². The number of hydrogen-bond acceptors (Lipinski definition) is 7. The van der Waals surface area contributed by atoms with Gasteiger partial charge in [-0.1, -0.05) is 26.8 Å². The third-order valence-electron chi connectivity index (χ3n) is 5.39. The molecule has 32 heavy (non-hydrogen) atoms. The van der Waals surface area contributed by atoms with E-state index in [0.717, 1.165) is 47.0 Å². The van der Waals surface area contributed by atoms with Crippen molar-refractivity contribution in [1.29, 1.82) is 0 Å². The Hall–Kier alpha value is -3.29. The number of ether oxygens (including phenoxy) is 2. The van der Waals surface area contributed by atoms with E-state index in [0.29, 0.717) is 5.82 Å². The molecule has 8 nitrogen and oxygen atoms in total. The lowest BCUT2D eigenvalue weighted by molar-refractivity contribution is 0.390. The van der Waals surface area contributed by atoms with Crippen molar-refractivity contribution in [1.82, 2.24) is 19.7 Å². The van der Waals surface area contributed by atoms with Crippen LogP contribution in [-0.4, -0.2) is 40.0 Å². The molecule has 172 valence electrons. The third kappa shape index (κ3) is 5.49. The number of nitrogens with two attached hydrogens (primary N) is 1. The number of anilines is 2. The van der Waals surface area contributed by atoms with E-state index in [9.17, 15) is 0 Å². The average molecular weight is 439 g/mol. The highest BCUT2D eigenvalue weighted by atomic mass is 16.5. The SMILES string of the molecule is COc1ccc(CCC(C)Nc2cc(-c3cc(C(C)(C)C)nn3C)nc(N)n2)c(OC)c1. The van der Waals surface area contributed by atoms with E-state index in [1.165, 1.54) is 0 Å². The molecule has 3 rings (SSSR count). The molecule has 0 fully saturated rings. The van der Waals surface area contributed by atoms with E-state index in [4.69, 9.17) is 15.2 Å². The van der Waals surface area contributed by atoms with E-state index in [-0.39, 0.29) is 17.4 Å². The Kier molecular flexibility index (Phi) is 6.91. The summed E-state index contributed by atoms with van der Waals surface area (Å²) in [6.45, 7) is 8.54. The number of methoxy groups -OCH3 is 2. The van der Waals surface area contributed by atoms with Gasteiger partial charge < -0.3 is 20.5 Å². The predicted octanol–water partition coefficient (Wildman–Crippen LogP) is 4.21. The predicted molar refractivity (Wildman–Crippen MR) is 128 cm³/mol. The Labute approximate surface area is 190 Å². The van der Waals surface area contributed by atoms with Gasteiger partial charge in [-0.3, -0.25) is 4.68 Å². The maximum Gasteiger partial charge on any atom is 0.222 e. The molecule has 8 heteroatoms. The lowest BCUT2D eigenvalue weighted by Gasteiger charge is -2.17. The topological polar surface area (TPSA) is 100 Å². The maximum atomic E-state index is 6.03. The fourth-order valence-corrected chi connectivity index (χ4v) is 3.50. The van der Waals surface area contributed by atoms with Gasteiger partial charge in [-0.15, -0.1) is 0 Å². The first-order valence-electron chi connectivity index (χ1n) is 10.8. The lowest BCUT2D eigenvalue weighted by atomic mass is 9.92. The van der Waals surface area contributed by atoms with Gasteiger partial charge >= 0.3 is 0 Å². The van der Waals surface area contributed by atoms with Crippen LogP contribution in [0.4, 0.5) is 11.8 Å². The first kappa shape index (κ1) is 23.4. The Bertz CT molecular complexity index is 1070. The molecule has 0 saturated carbocycles. The van der Waals surface area contributed by atoms with Crippen LogP contribution in [0, 0.1) is 0 Å². The van der Waals surface area contributed by atoms with Crippen LogP contribution in [0.2, 0.25) is 0 Å². The van der Waals surface area contributed by atoms with Crippen LogP contribution in [-0.2, 0) is 18.9 Å². The van der Waals surface area contributed by atoms with E-state index < -0.39 is 0 Å². The van der Waals surface area contributed by atoms with Crippen molar-refractivity contribution in [3.8, 4) is 22.9 Å². The standard InChI is InChI=1S/C24H34N6O2/c1-15(8-9-16-10-11-17(31-6)12-20(16)32-7)26-22-13-18(27-23(25)28-22)19-14-21(24(2,3)4)29-30(19)5/h10-15H,8-9H2,1-7H3,(H3,25,26,27,28). The molecule has 0 radical (unpaired) electrons. The van der Waals surface area contributed by atoms with Crippen LogP contribution in [0.3, 0.4) is 0 Å². The molecule has 3 N–H and O–H groups in total. The van der Waals surface area contributed by atoms with Gasteiger partial charge in [0.2, 0.25) is 5.95 Å². The lowest BCUT2D eigenvalue weighted by Crippen LogP contribution is -2.18. The molecule has 0 aliphatic heterocycles. The van der Waals surface area contributed by atoms with E-state index >= 15 is 0 Å². The molecule has 1 atom stereocenters. The van der Waals surface area contributed by atoms with Crippen LogP contribution in [0.5, 0.6) is 11.5 Å². The minimum Gasteiger partial charge on any atom is -0.497 e. The summed E-state index contributed by atoms with van der Waals surface area (Å²) < 4.78 is 12.6. The van der Waals surface area contributed by atoms with Crippen molar-refractivity contribution >= 4 is 11.8 Å². The monoisotopic (exact) mass is 438 g/mol. The maximum absolute atomic E-state index is 6.03. The summed E-state index contributed by atoms with van der Waals surface area (Å²) in [5, 5.41) is 8.10. The summed E-state index contributed by atoms with van der Waals surface area (Å²) in [6.07, 6.45) is 1.74. The number of hydrogen-bond donors (Lipinski definition) is 2. The van der Waals surface area contributed by atoms with E-state index in [1.54, 1.807) is 14.2 Å². The molecular formula is C24H34N6O2. The first-order valence-corrected chi connectivity index (χ1v) is 10.8. The zero-order valence-corrected chi connectivity index (χ0v) is 20.1. The number of benzene rings is 1. The summed E-state index contributed by atoms with van der Waals surface area (Å²) in [5.41, 5.74) is 9.76. The van der Waals surface area contributed by atoms with Crippen LogP contribution >= 0.6 is 0 Å². The molecule has 0 aliphatic carbocycles. The Morgan fingerprint density at radius 2 is 1.84 bits per heavy atom. The Balaban J connectivity index is 1.73. The second-order valence-corrected chi connectivity index (χ2v) is 9.05. The molecule has 0 amide bonds. The van der Waals surface area contributed by atoms with Gasteiger partial charge in [0.05, 0.1) is 31.3 Å². The van der Waals surface area contributed by atoms with Gasteiger partial charge in [0.1, 0.15) is 17.3 Å². The molecular weight excluding hydrogens is 404 g/mol. The number of aryl methyl sites for hydroxylation is 2. The minimum atomic E-state index is -0.0489. The summed E-state index contributed by atoms with van der Waals surface area (Å²) >= 11 is 0. The van der Waals surface area contributed by atoms with E-state index in [1.807, 2.05) is 36.0 Å². The molecule has 0 aliphatic rings. The first-order chi connectivity index (χ1) is 15.1. The van der Waals surface area contributed by atoms with Gasteiger partial charge in [-0.05, 0) is 37.5 Å². The van der Waals surface area contributed by atoms with E-state index in [2.05, 4.69) is 54.1 Å². The second-order valence-electron chi connectivity index (χ2n) is 9.05. The molecule has 2 aromatic heterocycles. The largest absolute Gasteiger partial charge is 0.497 e. The van der Waals surface area contributed by atoms with Crippen LogP contribution in [0.25, 0.3) is 11.4 Å². The number of nitrogens with one attached hydrogen (secondary N) is 1. The molecule has 1 unspecified atom stereocenters. The van der Waals surface area contributed by atoms with Crippen LogP contribution in [0.1, 0.15) is 45.4 Å². The highest BCUT2D eigenvalue weighted by Gasteiger charge is 2.20. The molecule has 1 aromatic carbocycles. The molecule has 0 bridgehead atoms. The molecule has 0 spiro atoms. The van der Waals surface area contributed by atoms with Crippen molar-refractivity contribution in [2.24, 2.45) is 7.05 Å². The number of nitrogen functional groups attached to an aromatic ring is 1. The number of nitrogens with zero attached hydrogens (tertiary/aromatic N) is 4. The zero-order chi connectivity index (χ0) is 23.5. The summed E-state index contributed by atoms with van der Waals surface area (Å²) in [7, 11) is 5.24. The van der Waals surface area contributed by atoms with Gasteiger partial charge in [-0.2, -0.15) is 10.1 Å². The van der Waals surface area contributed by atoms with Crippen molar-refractivity contribution in [2.75, 3.05) is 25.3 Å². The second kappa shape index (κ2) is 9.46. The van der Waals surface area contributed by atoms with Gasteiger partial charge in [0.15, 0.2) is 0 Å². The van der Waals surface area contributed by atoms with Crippen LogP contribution < -0.4 is 20.5 Å². The number of aromatic nitrogens is 4. The Morgan fingerprint density at radius 1 is 1.09 bits per heavy atom. The molecule has 3 aromatic rings. The molecule has 2 heterocycles. The van der Waals surface area contributed by atoms with Gasteiger partial charge in [0.25, 0.3) is 0 Å². The quantitative estimate of drug-likeness (QED) is 0.543. The summed E-state index contributed by atoms with van der Waals surface area (Å²) in [5.74, 6) is 2.54. The minimum absolute atomic E-state index is 0.0489. The molecule has 0 saturated heterocycles. The van der Waals surface area contributed by atoms with Gasteiger partial charge in [-0.25, -0.2) is 4.98 Å². The average Bonchev–Trinajstić information content (AvgIpc) is 3.14. The van der Waals surface area contributed by atoms with Crippen LogP contribution in [0.15, 0.2) is 30.3 Å². The van der Waals surface area contributed by atoms with Crippen molar-refractivity contribution in [3.05, 3.63) is 41.6 Å². The van der Waals surface area contributed by atoms with Crippen molar-refractivity contribution in [2.45, 2.75) is 52.0 Å².